The summed E-state index contributed by atoms with van der Waals surface area (Å²) in [6.45, 7) is 4.40. The van der Waals surface area contributed by atoms with Crippen LogP contribution in [0.3, 0.4) is 0 Å². The van der Waals surface area contributed by atoms with Crippen LogP contribution in [0, 0.1) is 5.92 Å². The molecule has 1 aliphatic carbocycles. The van der Waals surface area contributed by atoms with E-state index in [9.17, 15) is 9.90 Å². The van der Waals surface area contributed by atoms with Crippen molar-refractivity contribution in [1.29, 1.82) is 0 Å². The minimum atomic E-state index is -0.645. The molecular formula is C20H30O2. The van der Waals surface area contributed by atoms with Crippen LogP contribution in [0.15, 0.2) is 24.3 Å². The van der Waals surface area contributed by atoms with Crippen molar-refractivity contribution in [3.8, 4) is 0 Å². The van der Waals surface area contributed by atoms with Gasteiger partial charge in [0.15, 0.2) is 0 Å². The van der Waals surface area contributed by atoms with Gasteiger partial charge in [-0.2, -0.15) is 0 Å². The summed E-state index contributed by atoms with van der Waals surface area (Å²) in [5.41, 5.74) is 1.67. The number of hydrogen-bond donors (Lipinski definition) is 1. The van der Waals surface area contributed by atoms with Gasteiger partial charge in [-0.25, -0.2) is 0 Å². The fourth-order valence-corrected chi connectivity index (χ4v) is 3.86. The first-order chi connectivity index (χ1) is 10.6. The second-order valence-electron chi connectivity index (χ2n) is 6.92. The van der Waals surface area contributed by atoms with Crippen molar-refractivity contribution in [2.24, 2.45) is 5.92 Å². The summed E-state index contributed by atoms with van der Waals surface area (Å²) in [5.74, 6) is 0.0940. The summed E-state index contributed by atoms with van der Waals surface area (Å²) < 4.78 is 0. The summed E-state index contributed by atoms with van der Waals surface area (Å²) in [6.07, 6.45) is 9.68. The fourth-order valence-electron chi connectivity index (χ4n) is 3.86. The lowest BCUT2D eigenvalue weighted by Crippen LogP contribution is -2.39. The summed E-state index contributed by atoms with van der Waals surface area (Å²) in [7, 11) is 0. The molecule has 1 aromatic rings. The van der Waals surface area contributed by atoms with E-state index in [1.54, 1.807) is 0 Å². The zero-order valence-corrected chi connectivity index (χ0v) is 14.1. The summed E-state index contributed by atoms with van der Waals surface area (Å²) >= 11 is 0. The maximum atomic E-state index is 12.0. The van der Waals surface area contributed by atoms with Gasteiger partial charge in [0.25, 0.3) is 0 Å². The standard InChI is InChI=1S/C20H30O2/c1-3-5-7-17-12-14-20(15-13-17,19(21)22)18-10-8-16(6-4-2)9-11-18/h8-11,17H,3-7,12-15H2,1-2H3,(H,21,22). The maximum absolute atomic E-state index is 12.0. The summed E-state index contributed by atoms with van der Waals surface area (Å²) in [4.78, 5) is 12.0. The molecule has 0 heterocycles. The predicted octanol–water partition coefficient (Wildman–Crippen LogP) is 5.34. The van der Waals surface area contributed by atoms with Gasteiger partial charge in [-0.05, 0) is 49.1 Å². The molecule has 0 spiro atoms. The zero-order valence-electron chi connectivity index (χ0n) is 14.1. The van der Waals surface area contributed by atoms with E-state index in [2.05, 4.69) is 38.1 Å². The van der Waals surface area contributed by atoms with Gasteiger partial charge >= 0.3 is 5.97 Å². The van der Waals surface area contributed by atoms with E-state index in [-0.39, 0.29) is 0 Å². The molecule has 1 fully saturated rings. The van der Waals surface area contributed by atoms with E-state index in [1.165, 1.54) is 24.8 Å². The fraction of sp³-hybridized carbons (Fsp3) is 0.650. The molecule has 122 valence electrons. The highest BCUT2D eigenvalue weighted by molar-refractivity contribution is 5.81. The van der Waals surface area contributed by atoms with Crippen LogP contribution in [0.25, 0.3) is 0 Å². The molecule has 0 saturated heterocycles. The third-order valence-electron chi connectivity index (χ3n) is 5.38. The average molecular weight is 302 g/mol. The number of carbonyl (C=O) groups is 1. The number of carboxylic acids is 1. The summed E-state index contributed by atoms with van der Waals surface area (Å²) in [5, 5.41) is 9.88. The normalized spacial score (nSPS) is 25.1. The molecule has 1 N–H and O–H groups in total. The second kappa shape index (κ2) is 7.80. The van der Waals surface area contributed by atoms with Gasteiger partial charge in [0.05, 0.1) is 5.41 Å². The van der Waals surface area contributed by atoms with Crippen molar-refractivity contribution in [3.63, 3.8) is 0 Å². The molecular weight excluding hydrogens is 272 g/mol. The zero-order chi connectivity index (χ0) is 16.0. The Balaban J connectivity index is 2.11. The van der Waals surface area contributed by atoms with Crippen LogP contribution in [-0.4, -0.2) is 11.1 Å². The number of carboxylic acid groups (broad SMARTS) is 1. The van der Waals surface area contributed by atoms with Crippen molar-refractivity contribution >= 4 is 5.97 Å². The van der Waals surface area contributed by atoms with Crippen molar-refractivity contribution in [2.75, 3.05) is 0 Å². The van der Waals surface area contributed by atoms with E-state index in [0.29, 0.717) is 0 Å². The van der Waals surface area contributed by atoms with E-state index in [4.69, 9.17) is 0 Å². The molecule has 0 radical (unpaired) electrons. The van der Waals surface area contributed by atoms with Crippen molar-refractivity contribution in [3.05, 3.63) is 35.4 Å². The minimum Gasteiger partial charge on any atom is -0.481 e. The van der Waals surface area contributed by atoms with Gasteiger partial charge < -0.3 is 5.11 Å². The molecule has 0 amide bonds. The van der Waals surface area contributed by atoms with Crippen LogP contribution in [-0.2, 0) is 16.6 Å². The van der Waals surface area contributed by atoms with E-state index in [0.717, 1.165) is 50.0 Å². The van der Waals surface area contributed by atoms with Crippen molar-refractivity contribution in [1.82, 2.24) is 0 Å². The third-order valence-corrected chi connectivity index (χ3v) is 5.38. The largest absolute Gasteiger partial charge is 0.481 e. The number of aliphatic carboxylic acids is 1. The lowest BCUT2D eigenvalue weighted by Gasteiger charge is -2.37. The maximum Gasteiger partial charge on any atom is 0.314 e. The van der Waals surface area contributed by atoms with Crippen LogP contribution < -0.4 is 0 Å². The van der Waals surface area contributed by atoms with Gasteiger partial charge in [-0.15, -0.1) is 0 Å². The molecule has 0 atom stereocenters. The Hall–Kier alpha value is -1.31. The molecule has 0 bridgehead atoms. The molecule has 0 aliphatic heterocycles. The third kappa shape index (κ3) is 3.71. The Bertz CT molecular complexity index is 467. The van der Waals surface area contributed by atoms with E-state index >= 15 is 0 Å². The lowest BCUT2D eigenvalue weighted by atomic mass is 9.66. The predicted molar refractivity (Wildman–Crippen MR) is 91.2 cm³/mol. The Morgan fingerprint density at radius 1 is 1.14 bits per heavy atom. The number of hydrogen-bond acceptors (Lipinski definition) is 1. The van der Waals surface area contributed by atoms with Gasteiger partial charge in [0.1, 0.15) is 0 Å². The van der Waals surface area contributed by atoms with Gasteiger partial charge in [-0.1, -0.05) is 63.8 Å². The van der Waals surface area contributed by atoms with Crippen LogP contribution in [0.2, 0.25) is 0 Å². The molecule has 0 aromatic heterocycles. The number of rotatable bonds is 7. The van der Waals surface area contributed by atoms with Gasteiger partial charge in [0, 0.05) is 0 Å². The molecule has 0 unspecified atom stereocenters. The number of benzene rings is 1. The van der Waals surface area contributed by atoms with Crippen molar-refractivity contribution < 1.29 is 9.90 Å². The second-order valence-corrected chi connectivity index (χ2v) is 6.92. The molecule has 2 nitrogen and oxygen atoms in total. The first kappa shape index (κ1) is 17.1. The molecule has 22 heavy (non-hydrogen) atoms. The Morgan fingerprint density at radius 3 is 2.27 bits per heavy atom. The van der Waals surface area contributed by atoms with Crippen LogP contribution >= 0.6 is 0 Å². The highest BCUT2D eigenvalue weighted by Gasteiger charge is 2.43. The Labute approximate surface area is 134 Å². The minimum absolute atomic E-state index is 0.635. The topological polar surface area (TPSA) is 37.3 Å². The molecule has 2 heteroatoms. The molecule has 1 saturated carbocycles. The molecule has 2 rings (SSSR count). The first-order valence-corrected chi connectivity index (χ1v) is 8.95. The van der Waals surface area contributed by atoms with E-state index < -0.39 is 11.4 Å². The number of unbranched alkanes of at least 4 members (excludes halogenated alkanes) is 1. The SMILES string of the molecule is CCCCC1CCC(C(=O)O)(c2ccc(CCC)cc2)CC1. The van der Waals surface area contributed by atoms with Crippen LogP contribution in [0.1, 0.15) is 76.3 Å². The first-order valence-electron chi connectivity index (χ1n) is 8.95. The quantitative estimate of drug-likeness (QED) is 0.738. The van der Waals surface area contributed by atoms with Crippen LogP contribution in [0.5, 0.6) is 0 Å². The highest BCUT2D eigenvalue weighted by atomic mass is 16.4. The average Bonchev–Trinajstić information content (AvgIpc) is 2.54. The van der Waals surface area contributed by atoms with E-state index in [1.807, 2.05) is 0 Å². The Kier molecular flexibility index (Phi) is 6.05. The molecule has 1 aromatic carbocycles. The summed E-state index contributed by atoms with van der Waals surface area (Å²) in [6, 6.07) is 8.36. The molecule has 1 aliphatic rings. The smallest absolute Gasteiger partial charge is 0.314 e. The number of aryl methyl sites for hydroxylation is 1. The van der Waals surface area contributed by atoms with Crippen LogP contribution in [0.4, 0.5) is 0 Å². The highest BCUT2D eigenvalue weighted by Crippen LogP contribution is 2.43. The van der Waals surface area contributed by atoms with Gasteiger partial charge in [-0.3, -0.25) is 4.79 Å². The Morgan fingerprint density at radius 2 is 1.77 bits per heavy atom. The van der Waals surface area contributed by atoms with Crippen molar-refractivity contribution in [2.45, 2.75) is 77.0 Å². The lowest BCUT2D eigenvalue weighted by molar-refractivity contribution is -0.145. The monoisotopic (exact) mass is 302 g/mol. The van der Waals surface area contributed by atoms with Gasteiger partial charge in [0.2, 0.25) is 0 Å².